The second kappa shape index (κ2) is 7.97. The van der Waals surface area contributed by atoms with Crippen LogP contribution in [0, 0.1) is 23.2 Å². The first-order valence-corrected chi connectivity index (χ1v) is 9.14. The first-order chi connectivity index (χ1) is 10.0. The van der Waals surface area contributed by atoms with Crippen molar-refractivity contribution < 1.29 is 9.47 Å². The van der Waals surface area contributed by atoms with Crippen LogP contribution in [-0.2, 0) is 9.47 Å². The molecule has 0 atom stereocenters. The fraction of sp³-hybridized carbons (Fsp3) is 1.00. The number of rotatable bonds is 6. The molecule has 0 spiro atoms. The minimum absolute atomic E-state index is 0.485. The second-order valence-corrected chi connectivity index (χ2v) is 8.12. The van der Waals surface area contributed by atoms with Crippen molar-refractivity contribution in [3.8, 4) is 0 Å². The lowest BCUT2D eigenvalue weighted by molar-refractivity contribution is -0.0313. The van der Waals surface area contributed by atoms with Gasteiger partial charge < -0.3 is 9.47 Å². The zero-order chi connectivity index (χ0) is 15.3. The highest BCUT2D eigenvalue weighted by Crippen LogP contribution is 2.49. The van der Waals surface area contributed by atoms with E-state index in [0.717, 1.165) is 31.0 Å². The molecule has 0 unspecified atom stereocenters. The van der Waals surface area contributed by atoms with Crippen LogP contribution < -0.4 is 0 Å². The van der Waals surface area contributed by atoms with Gasteiger partial charge in [0.2, 0.25) is 0 Å². The van der Waals surface area contributed by atoms with Crippen LogP contribution in [0.3, 0.4) is 0 Å². The van der Waals surface area contributed by atoms with Crippen LogP contribution in [0.2, 0.25) is 0 Å². The SMILES string of the molecule is COCCOC1CCC(C(C)(C)C2CCC(C)CC2)CC1. The zero-order valence-corrected chi connectivity index (χ0v) is 14.7. The molecule has 0 aromatic carbocycles. The smallest absolute Gasteiger partial charge is 0.0704 e. The average Bonchev–Trinajstić information content (AvgIpc) is 2.48. The molecule has 0 amide bonds. The Morgan fingerprint density at radius 1 is 0.810 bits per heavy atom. The van der Waals surface area contributed by atoms with Crippen LogP contribution in [0.15, 0.2) is 0 Å². The summed E-state index contributed by atoms with van der Waals surface area (Å²) in [6.07, 6.45) is 11.5. The van der Waals surface area contributed by atoms with Gasteiger partial charge in [0, 0.05) is 7.11 Å². The van der Waals surface area contributed by atoms with Crippen molar-refractivity contribution >= 4 is 0 Å². The Morgan fingerprint density at radius 3 is 1.86 bits per heavy atom. The lowest BCUT2D eigenvalue weighted by atomic mass is 9.60. The summed E-state index contributed by atoms with van der Waals surface area (Å²) >= 11 is 0. The molecule has 21 heavy (non-hydrogen) atoms. The molecule has 0 radical (unpaired) electrons. The van der Waals surface area contributed by atoms with E-state index in [1.807, 2.05) is 0 Å². The van der Waals surface area contributed by atoms with Crippen molar-refractivity contribution in [3.05, 3.63) is 0 Å². The molecule has 0 heterocycles. The second-order valence-electron chi connectivity index (χ2n) is 8.12. The van der Waals surface area contributed by atoms with E-state index in [2.05, 4.69) is 20.8 Å². The highest BCUT2D eigenvalue weighted by molar-refractivity contribution is 4.90. The third-order valence-electron chi connectivity index (χ3n) is 6.44. The highest BCUT2D eigenvalue weighted by atomic mass is 16.5. The molecule has 2 heteroatoms. The molecule has 0 N–H and O–H groups in total. The quantitative estimate of drug-likeness (QED) is 0.638. The fourth-order valence-electron chi connectivity index (χ4n) is 4.61. The first-order valence-electron chi connectivity index (χ1n) is 9.14. The predicted molar refractivity (Wildman–Crippen MR) is 88.5 cm³/mol. The van der Waals surface area contributed by atoms with Crippen LogP contribution in [0.5, 0.6) is 0 Å². The average molecular weight is 296 g/mol. The van der Waals surface area contributed by atoms with Crippen molar-refractivity contribution in [2.75, 3.05) is 20.3 Å². The molecule has 2 aliphatic carbocycles. The van der Waals surface area contributed by atoms with E-state index in [9.17, 15) is 0 Å². The topological polar surface area (TPSA) is 18.5 Å². The molecule has 2 aliphatic rings. The van der Waals surface area contributed by atoms with Crippen LogP contribution >= 0.6 is 0 Å². The molecule has 2 fully saturated rings. The van der Waals surface area contributed by atoms with Crippen molar-refractivity contribution in [3.63, 3.8) is 0 Å². The third-order valence-corrected chi connectivity index (χ3v) is 6.44. The maximum absolute atomic E-state index is 5.92. The summed E-state index contributed by atoms with van der Waals surface area (Å²) in [7, 11) is 1.74. The molecule has 124 valence electrons. The Morgan fingerprint density at radius 2 is 1.33 bits per heavy atom. The lowest BCUT2D eigenvalue weighted by Crippen LogP contribution is -2.38. The van der Waals surface area contributed by atoms with Crippen molar-refractivity contribution in [2.24, 2.45) is 23.2 Å². The van der Waals surface area contributed by atoms with Gasteiger partial charge in [0.1, 0.15) is 0 Å². The van der Waals surface area contributed by atoms with Crippen molar-refractivity contribution in [2.45, 2.75) is 78.2 Å². The van der Waals surface area contributed by atoms with Gasteiger partial charge in [0.25, 0.3) is 0 Å². The summed E-state index contributed by atoms with van der Waals surface area (Å²) in [5, 5.41) is 0. The molecular formula is C19H36O2. The summed E-state index contributed by atoms with van der Waals surface area (Å²) in [6, 6.07) is 0. The number of methoxy groups -OCH3 is 1. The number of hydrogen-bond acceptors (Lipinski definition) is 2. The lowest BCUT2D eigenvalue weighted by Gasteiger charge is -2.46. The van der Waals surface area contributed by atoms with Gasteiger partial charge in [-0.25, -0.2) is 0 Å². The summed E-state index contributed by atoms with van der Waals surface area (Å²) < 4.78 is 11.0. The highest BCUT2D eigenvalue weighted by Gasteiger charge is 2.40. The van der Waals surface area contributed by atoms with Gasteiger partial charge in [-0.3, -0.25) is 0 Å². The van der Waals surface area contributed by atoms with Crippen molar-refractivity contribution in [1.82, 2.24) is 0 Å². The number of ether oxygens (including phenoxy) is 2. The van der Waals surface area contributed by atoms with Gasteiger partial charge in [-0.15, -0.1) is 0 Å². The van der Waals surface area contributed by atoms with E-state index < -0.39 is 0 Å². The summed E-state index contributed by atoms with van der Waals surface area (Å²) in [5.74, 6) is 2.81. The van der Waals surface area contributed by atoms with Gasteiger partial charge in [0.05, 0.1) is 19.3 Å². The Balaban J connectivity index is 1.77. The van der Waals surface area contributed by atoms with Crippen LogP contribution in [0.25, 0.3) is 0 Å². The summed E-state index contributed by atoms with van der Waals surface area (Å²) in [5.41, 5.74) is 0.525. The van der Waals surface area contributed by atoms with E-state index in [0.29, 0.717) is 11.5 Å². The van der Waals surface area contributed by atoms with Gasteiger partial charge in [0.15, 0.2) is 0 Å². The minimum atomic E-state index is 0.485. The maximum Gasteiger partial charge on any atom is 0.0704 e. The Kier molecular flexibility index (Phi) is 6.55. The van der Waals surface area contributed by atoms with E-state index in [-0.39, 0.29) is 0 Å². The Hall–Kier alpha value is -0.0800. The monoisotopic (exact) mass is 296 g/mol. The molecular weight excluding hydrogens is 260 g/mol. The van der Waals surface area contributed by atoms with Crippen LogP contribution in [-0.4, -0.2) is 26.4 Å². The normalized spacial score (nSPS) is 34.9. The van der Waals surface area contributed by atoms with Crippen LogP contribution in [0.4, 0.5) is 0 Å². The maximum atomic E-state index is 5.92. The van der Waals surface area contributed by atoms with E-state index >= 15 is 0 Å². The largest absolute Gasteiger partial charge is 0.382 e. The summed E-state index contributed by atoms with van der Waals surface area (Å²) in [4.78, 5) is 0. The van der Waals surface area contributed by atoms with Gasteiger partial charge in [-0.05, 0) is 61.7 Å². The zero-order valence-electron chi connectivity index (χ0n) is 14.7. The van der Waals surface area contributed by atoms with Gasteiger partial charge in [-0.1, -0.05) is 33.6 Å². The molecule has 2 rings (SSSR count). The summed E-state index contributed by atoms with van der Waals surface area (Å²) in [6.45, 7) is 9.00. The van der Waals surface area contributed by atoms with E-state index in [1.54, 1.807) is 7.11 Å². The van der Waals surface area contributed by atoms with E-state index in [1.165, 1.54) is 51.4 Å². The standard InChI is InChI=1S/C19H36O2/c1-15-5-7-16(8-6-15)19(2,3)17-9-11-18(12-10-17)21-14-13-20-4/h15-18H,5-14H2,1-4H3. The van der Waals surface area contributed by atoms with E-state index in [4.69, 9.17) is 9.47 Å². The molecule has 0 aliphatic heterocycles. The van der Waals surface area contributed by atoms with Crippen molar-refractivity contribution in [1.29, 1.82) is 0 Å². The van der Waals surface area contributed by atoms with Crippen LogP contribution in [0.1, 0.15) is 72.1 Å². The molecule has 2 nitrogen and oxygen atoms in total. The predicted octanol–water partition coefficient (Wildman–Crippen LogP) is 5.06. The van der Waals surface area contributed by atoms with Gasteiger partial charge in [-0.2, -0.15) is 0 Å². The molecule has 0 aromatic heterocycles. The molecule has 2 saturated carbocycles. The molecule has 0 saturated heterocycles. The first kappa shape index (κ1) is 17.3. The third kappa shape index (κ3) is 4.69. The Bertz CT molecular complexity index is 284. The molecule has 0 aromatic rings. The molecule has 0 bridgehead atoms. The minimum Gasteiger partial charge on any atom is -0.382 e. The Labute approximate surface area is 132 Å². The fourth-order valence-corrected chi connectivity index (χ4v) is 4.61. The number of hydrogen-bond donors (Lipinski definition) is 0. The van der Waals surface area contributed by atoms with Gasteiger partial charge >= 0.3 is 0 Å².